The van der Waals surface area contributed by atoms with Crippen molar-refractivity contribution in [3.8, 4) is 0 Å². The van der Waals surface area contributed by atoms with Crippen molar-refractivity contribution >= 4 is 11.0 Å². The van der Waals surface area contributed by atoms with Crippen molar-refractivity contribution in [2.24, 2.45) is 0 Å². The Hall–Kier alpha value is -1.52. The minimum atomic E-state index is -4.35. The molecule has 1 aromatic heterocycles. The summed E-state index contributed by atoms with van der Waals surface area (Å²) in [4.78, 5) is 4.04. The Morgan fingerprint density at radius 3 is 2.21 bits per heavy atom. The third-order valence-corrected chi connectivity index (χ3v) is 2.68. The lowest BCUT2D eigenvalue weighted by Gasteiger charge is -2.14. The Kier molecular flexibility index (Phi) is 4.61. The Balaban J connectivity index is 0.000000861. The van der Waals surface area contributed by atoms with Gasteiger partial charge in [0.05, 0.1) is 22.9 Å². The molecule has 0 atom stereocenters. The molecule has 0 bridgehead atoms. The average molecular weight is 272 g/mol. The molecule has 0 radical (unpaired) electrons. The van der Waals surface area contributed by atoms with E-state index in [0.29, 0.717) is 11.1 Å². The highest BCUT2D eigenvalue weighted by Gasteiger charge is 2.34. The van der Waals surface area contributed by atoms with Gasteiger partial charge in [0.1, 0.15) is 0 Å². The zero-order valence-electron chi connectivity index (χ0n) is 11.8. The third-order valence-electron chi connectivity index (χ3n) is 2.68. The summed E-state index contributed by atoms with van der Waals surface area (Å²) < 4.78 is 40.5. The van der Waals surface area contributed by atoms with Gasteiger partial charge in [-0.05, 0) is 38.5 Å². The summed E-state index contributed by atoms with van der Waals surface area (Å²) in [5, 5.41) is 0. The molecule has 0 aliphatic heterocycles. The van der Waals surface area contributed by atoms with Crippen LogP contribution in [-0.2, 0) is 6.18 Å². The van der Waals surface area contributed by atoms with Gasteiger partial charge >= 0.3 is 6.18 Å². The maximum atomic E-state index is 13.0. The standard InChI is InChI=1S/C12H13F3N2.C2H6/c1-7(2)17-6-16-10-5-8(3)4-9(11(10)17)12(13,14)15;1-2/h4-7H,1-3H3;1-2H3. The molecule has 0 amide bonds. The first-order valence-corrected chi connectivity index (χ1v) is 6.35. The summed E-state index contributed by atoms with van der Waals surface area (Å²) >= 11 is 0. The Labute approximate surface area is 111 Å². The predicted molar refractivity (Wildman–Crippen MR) is 71.2 cm³/mol. The van der Waals surface area contributed by atoms with Gasteiger partial charge in [-0.3, -0.25) is 0 Å². The molecule has 0 N–H and O–H groups in total. The lowest BCUT2D eigenvalue weighted by atomic mass is 10.1. The van der Waals surface area contributed by atoms with Gasteiger partial charge in [-0.25, -0.2) is 4.98 Å². The molecule has 1 aromatic carbocycles. The number of imidazole rings is 1. The summed E-state index contributed by atoms with van der Waals surface area (Å²) in [6, 6.07) is 2.79. The van der Waals surface area contributed by atoms with Crippen LogP contribution in [-0.4, -0.2) is 9.55 Å². The number of aryl methyl sites for hydroxylation is 1. The van der Waals surface area contributed by atoms with E-state index < -0.39 is 11.7 Å². The maximum absolute atomic E-state index is 13.0. The van der Waals surface area contributed by atoms with Gasteiger partial charge in [0.25, 0.3) is 0 Å². The number of halogens is 3. The van der Waals surface area contributed by atoms with E-state index >= 15 is 0 Å². The van der Waals surface area contributed by atoms with Crippen LogP contribution in [0, 0.1) is 6.92 Å². The van der Waals surface area contributed by atoms with Crippen molar-refractivity contribution < 1.29 is 13.2 Å². The molecule has 1 heterocycles. The number of aromatic nitrogens is 2. The van der Waals surface area contributed by atoms with Crippen LogP contribution >= 0.6 is 0 Å². The molecule has 2 rings (SSSR count). The zero-order chi connectivity index (χ0) is 14.8. The summed E-state index contributed by atoms with van der Waals surface area (Å²) in [5.41, 5.74) is 0.515. The van der Waals surface area contributed by atoms with Crippen LogP contribution in [0.25, 0.3) is 11.0 Å². The molecular formula is C14H19F3N2. The molecule has 2 nitrogen and oxygen atoms in total. The largest absolute Gasteiger partial charge is 0.418 e. The van der Waals surface area contributed by atoms with E-state index in [1.54, 1.807) is 17.6 Å². The van der Waals surface area contributed by atoms with Crippen LogP contribution < -0.4 is 0 Å². The lowest BCUT2D eigenvalue weighted by Crippen LogP contribution is -2.10. The average Bonchev–Trinajstić information content (AvgIpc) is 2.72. The molecular weight excluding hydrogens is 253 g/mol. The van der Waals surface area contributed by atoms with Crippen molar-refractivity contribution in [2.45, 2.75) is 46.8 Å². The number of hydrogen-bond acceptors (Lipinski definition) is 1. The van der Waals surface area contributed by atoms with Crippen LogP contribution in [0.4, 0.5) is 13.2 Å². The fraction of sp³-hybridized carbons (Fsp3) is 0.500. The molecule has 106 valence electrons. The predicted octanol–water partition coefficient (Wildman–Crippen LogP) is 4.97. The molecule has 0 spiro atoms. The summed E-state index contributed by atoms with van der Waals surface area (Å²) in [6.45, 7) is 9.31. The molecule has 19 heavy (non-hydrogen) atoms. The van der Waals surface area contributed by atoms with E-state index in [0.717, 1.165) is 0 Å². The van der Waals surface area contributed by atoms with Gasteiger partial charge in [0, 0.05) is 6.04 Å². The first kappa shape index (κ1) is 15.5. The number of alkyl halides is 3. The van der Waals surface area contributed by atoms with E-state index in [2.05, 4.69) is 4.98 Å². The molecule has 5 heteroatoms. The van der Waals surface area contributed by atoms with Gasteiger partial charge in [-0.1, -0.05) is 13.8 Å². The summed E-state index contributed by atoms with van der Waals surface area (Å²) in [5.74, 6) is 0. The van der Waals surface area contributed by atoms with Gasteiger partial charge in [-0.15, -0.1) is 0 Å². The quantitative estimate of drug-likeness (QED) is 0.716. The van der Waals surface area contributed by atoms with Gasteiger partial charge in [-0.2, -0.15) is 13.2 Å². The van der Waals surface area contributed by atoms with E-state index in [-0.39, 0.29) is 11.6 Å². The Morgan fingerprint density at radius 1 is 1.16 bits per heavy atom. The van der Waals surface area contributed by atoms with Gasteiger partial charge < -0.3 is 4.57 Å². The topological polar surface area (TPSA) is 17.8 Å². The fourth-order valence-corrected chi connectivity index (χ4v) is 1.92. The van der Waals surface area contributed by atoms with Crippen LogP contribution in [0.1, 0.15) is 44.9 Å². The van der Waals surface area contributed by atoms with E-state index in [4.69, 9.17) is 0 Å². The van der Waals surface area contributed by atoms with E-state index in [1.807, 2.05) is 27.7 Å². The van der Waals surface area contributed by atoms with Crippen LogP contribution in [0.15, 0.2) is 18.5 Å². The van der Waals surface area contributed by atoms with Gasteiger partial charge in [0.15, 0.2) is 0 Å². The molecule has 0 saturated carbocycles. The molecule has 0 saturated heterocycles. The normalized spacial score (nSPS) is 11.6. The number of hydrogen-bond donors (Lipinski definition) is 0. The van der Waals surface area contributed by atoms with Crippen molar-refractivity contribution in [2.75, 3.05) is 0 Å². The minimum absolute atomic E-state index is 0.0520. The number of rotatable bonds is 1. The third kappa shape index (κ3) is 3.08. The summed E-state index contributed by atoms with van der Waals surface area (Å²) in [7, 11) is 0. The van der Waals surface area contributed by atoms with Crippen molar-refractivity contribution in [1.82, 2.24) is 9.55 Å². The van der Waals surface area contributed by atoms with Crippen molar-refractivity contribution in [3.05, 3.63) is 29.6 Å². The molecule has 0 unspecified atom stereocenters. The molecule has 0 aliphatic rings. The smallest absolute Gasteiger partial charge is 0.328 e. The second kappa shape index (κ2) is 5.63. The van der Waals surface area contributed by atoms with Crippen molar-refractivity contribution in [3.63, 3.8) is 0 Å². The SMILES string of the molecule is CC.Cc1cc(C(F)(F)F)c2c(c1)ncn2C(C)C. The number of nitrogens with zero attached hydrogens (tertiary/aromatic N) is 2. The van der Waals surface area contributed by atoms with E-state index in [1.165, 1.54) is 12.4 Å². The lowest BCUT2D eigenvalue weighted by molar-refractivity contribution is -0.136. The fourth-order valence-electron chi connectivity index (χ4n) is 1.92. The van der Waals surface area contributed by atoms with Crippen molar-refractivity contribution in [1.29, 1.82) is 0 Å². The Bertz CT molecular complexity index is 554. The second-order valence-corrected chi connectivity index (χ2v) is 4.42. The molecule has 2 aromatic rings. The highest BCUT2D eigenvalue weighted by molar-refractivity contribution is 5.80. The summed E-state index contributed by atoms with van der Waals surface area (Å²) in [6.07, 6.45) is -2.89. The van der Waals surface area contributed by atoms with Crippen LogP contribution in [0.2, 0.25) is 0 Å². The minimum Gasteiger partial charge on any atom is -0.328 e. The zero-order valence-corrected chi connectivity index (χ0v) is 11.8. The first-order chi connectivity index (χ1) is 8.80. The monoisotopic (exact) mass is 272 g/mol. The Morgan fingerprint density at radius 2 is 1.74 bits per heavy atom. The number of fused-ring (bicyclic) bond motifs is 1. The van der Waals surface area contributed by atoms with E-state index in [9.17, 15) is 13.2 Å². The first-order valence-electron chi connectivity index (χ1n) is 6.35. The second-order valence-electron chi connectivity index (χ2n) is 4.42. The highest BCUT2D eigenvalue weighted by Crippen LogP contribution is 2.36. The van der Waals surface area contributed by atoms with Crippen LogP contribution in [0.5, 0.6) is 0 Å². The maximum Gasteiger partial charge on any atom is 0.418 e. The van der Waals surface area contributed by atoms with Crippen LogP contribution in [0.3, 0.4) is 0 Å². The molecule has 0 aliphatic carbocycles. The number of benzene rings is 1. The van der Waals surface area contributed by atoms with Gasteiger partial charge in [0.2, 0.25) is 0 Å². The highest BCUT2D eigenvalue weighted by atomic mass is 19.4. The molecule has 0 fully saturated rings.